The van der Waals surface area contributed by atoms with Crippen molar-refractivity contribution in [2.75, 3.05) is 0 Å². The lowest BCUT2D eigenvalue weighted by Crippen LogP contribution is -1.71. The van der Waals surface area contributed by atoms with E-state index in [-0.39, 0.29) is 0 Å². The van der Waals surface area contributed by atoms with E-state index in [2.05, 4.69) is 12.1 Å². The van der Waals surface area contributed by atoms with E-state index >= 15 is 0 Å². The van der Waals surface area contributed by atoms with Crippen LogP contribution in [0.3, 0.4) is 0 Å². The van der Waals surface area contributed by atoms with Gasteiger partial charge in [-0.2, -0.15) is 0 Å². The summed E-state index contributed by atoms with van der Waals surface area (Å²) < 4.78 is 1.22. The Balaban J connectivity index is 2.75. The molecule has 0 amide bonds. The smallest absolute Gasteiger partial charge is 0.0568 e. The van der Waals surface area contributed by atoms with E-state index in [1.807, 2.05) is 13.0 Å². The monoisotopic (exact) mass is 230 g/mol. The molecule has 1 aromatic carbocycles. The molecule has 2 aromatic rings. The summed E-state index contributed by atoms with van der Waals surface area (Å²) in [6.45, 7) is 2.05. The van der Waals surface area contributed by atoms with Crippen LogP contribution in [0.1, 0.15) is 10.4 Å². The third-order valence-electron chi connectivity index (χ3n) is 1.91. The summed E-state index contributed by atoms with van der Waals surface area (Å²) in [5.41, 5.74) is 1.19. The predicted molar refractivity (Wildman–Crippen MR) is 61.1 cm³/mol. The van der Waals surface area contributed by atoms with Gasteiger partial charge in [-0.15, -0.1) is 22.9 Å². The summed E-state index contributed by atoms with van der Waals surface area (Å²) >= 11 is 13.6. The first-order chi connectivity index (χ1) is 6.20. The molecule has 0 N–H and O–H groups in total. The fourth-order valence-electron chi connectivity index (χ4n) is 1.34. The second-order valence-corrected chi connectivity index (χ2v) is 4.85. The zero-order valence-electron chi connectivity index (χ0n) is 7.10. The quantitative estimate of drug-likeness (QED) is 0.629. The number of benzene rings is 1. The number of halogens is 2. The molecule has 0 aliphatic rings. The van der Waals surface area contributed by atoms with Crippen LogP contribution in [0.15, 0.2) is 18.2 Å². The van der Waals surface area contributed by atoms with Crippen LogP contribution in [0.2, 0.25) is 5.02 Å². The largest absolute Gasteiger partial charge is 0.139 e. The van der Waals surface area contributed by atoms with Crippen molar-refractivity contribution in [1.29, 1.82) is 0 Å². The Morgan fingerprint density at radius 1 is 1.31 bits per heavy atom. The van der Waals surface area contributed by atoms with Crippen LogP contribution in [0.5, 0.6) is 0 Å². The lowest BCUT2D eigenvalue weighted by molar-refractivity contribution is 1.51. The fraction of sp³-hybridized carbons (Fsp3) is 0.200. The minimum atomic E-state index is 0.564. The Hall–Kier alpha value is -0.240. The topological polar surface area (TPSA) is 0 Å². The molecule has 0 atom stereocenters. The summed E-state index contributed by atoms with van der Waals surface area (Å²) in [6, 6.07) is 6.19. The SMILES string of the molecule is Cc1cc(Cl)c2cc(CCl)sc2c1. The number of aryl methyl sites for hydroxylation is 1. The Morgan fingerprint density at radius 2 is 2.08 bits per heavy atom. The maximum Gasteiger partial charge on any atom is 0.0568 e. The van der Waals surface area contributed by atoms with Crippen LogP contribution in [-0.2, 0) is 5.88 Å². The van der Waals surface area contributed by atoms with Crippen molar-refractivity contribution in [3.8, 4) is 0 Å². The van der Waals surface area contributed by atoms with Crippen molar-refractivity contribution in [2.24, 2.45) is 0 Å². The van der Waals surface area contributed by atoms with Crippen molar-refractivity contribution in [3.05, 3.63) is 33.7 Å². The Morgan fingerprint density at radius 3 is 2.77 bits per heavy atom. The molecule has 0 spiro atoms. The zero-order valence-corrected chi connectivity index (χ0v) is 9.43. The first-order valence-corrected chi connectivity index (χ1v) is 5.68. The number of alkyl halides is 1. The first kappa shape index (κ1) is 9.32. The Labute approximate surface area is 91.1 Å². The minimum Gasteiger partial charge on any atom is -0.139 e. The van der Waals surface area contributed by atoms with Crippen LogP contribution in [0, 0.1) is 6.92 Å². The van der Waals surface area contributed by atoms with Gasteiger partial charge in [-0.25, -0.2) is 0 Å². The molecular weight excluding hydrogens is 223 g/mol. The summed E-state index contributed by atoms with van der Waals surface area (Å²) in [6.07, 6.45) is 0. The van der Waals surface area contributed by atoms with Gasteiger partial charge in [0.25, 0.3) is 0 Å². The number of rotatable bonds is 1. The average molecular weight is 231 g/mol. The van der Waals surface area contributed by atoms with Crippen molar-refractivity contribution >= 4 is 44.6 Å². The van der Waals surface area contributed by atoms with E-state index in [1.54, 1.807) is 11.3 Å². The maximum absolute atomic E-state index is 6.10. The second-order valence-electron chi connectivity index (χ2n) is 3.00. The lowest BCUT2D eigenvalue weighted by atomic mass is 10.2. The number of hydrogen-bond donors (Lipinski definition) is 0. The number of hydrogen-bond acceptors (Lipinski definition) is 1. The van der Waals surface area contributed by atoms with Crippen LogP contribution >= 0.6 is 34.5 Å². The first-order valence-electron chi connectivity index (χ1n) is 3.95. The normalized spacial score (nSPS) is 11.0. The zero-order chi connectivity index (χ0) is 9.42. The predicted octanol–water partition coefficient (Wildman–Crippen LogP) is 4.60. The highest BCUT2D eigenvalue weighted by Crippen LogP contribution is 2.32. The van der Waals surface area contributed by atoms with Crippen LogP contribution in [0.4, 0.5) is 0 Å². The molecule has 0 fully saturated rings. The minimum absolute atomic E-state index is 0.564. The molecule has 3 heteroatoms. The second kappa shape index (κ2) is 3.49. The molecule has 0 aliphatic carbocycles. The Kier molecular flexibility index (Phi) is 2.50. The number of fused-ring (bicyclic) bond motifs is 1. The van der Waals surface area contributed by atoms with Gasteiger partial charge >= 0.3 is 0 Å². The highest BCUT2D eigenvalue weighted by Gasteiger charge is 2.04. The van der Waals surface area contributed by atoms with Crippen LogP contribution in [-0.4, -0.2) is 0 Å². The van der Waals surface area contributed by atoms with Crippen molar-refractivity contribution in [1.82, 2.24) is 0 Å². The molecule has 0 aliphatic heterocycles. The summed E-state index contributed by atoms with van der Waals surface area (Å²) in [5.74, 6) is 0.564. The molecule has 0 nitrogen and oxygen atoms in total. The van der Waals surface area contributed by atoms with Gasteiger partial charge in [0.15, 0.2) is 0 Å². The molecule has 1 heterocycles. The van der Waals surface area contributed by atoms with Gasteiger partial charge in [-0.1, -0.05) is 11.6 Å². The lowest BCUT2D eigenvalue weighted by Gasteiger charge is -1.95. The fourth-order valence-corrected chi connectivity index (χ4v) is 3.01. The van der Waals surface area contributed by atoms with E-state index < -0.39 is 0 Å². The molecule has 0 radical (unpaired) electrons. The molecule has 13 heavy (non-hydrogen) atoms. The summed E-state index contributed by atoms with van der Waals surface area (Å²) in [4.78, 5) is 1.17. The van der Waals surface area contributed by atoms with Gasteiger partial charge in [0.2, 0.25) is 0 Å². The Bertz CT molecular complexity index is 445. The van der Waals surface area contributed by atoms with Crippen LogP contribution < -0.4 is 0 Å². The average Bonchev–Trinajstić information content (AvgIpc) is 2.47. The summed E-state index contributed by atoms with van der Waals surface area (Å²) in [7, 11) is 0. The molecule has 2 rings (SSSR count). The molecular formula is C10H8Cl2S. The third-order valence-corrected chi connectivity index (χ3v) is 3.76. The highest BCUT2D eigenvalue weighted by molar-refractivity contribution is 7.19. The summed E-state index contributed by atoms with van der Waals surface area (Å²) in [5, 5.41) is 1.94. The van der Waals surface area contributed by atoms with Gasteiger partial charge < -0.3 is 0 Å². The van der Waals surface area contributed by atoms with E-state index in [0.29, 0.717) is 5.88 Å². The van der Waals surface area contributed by atoms with Gasteiger partial charge in [0.05, 0.1) is 5.88 Å². The van der Waals surface area contributed by atoms with E-state index in [4.69, 9.17) is 23.2 Å². The van der Waals surface area contributed by atoms with Crippen molar-refractivity contribution in [2.45, 2.75) is 12.8 Å². The molecule has 68 valence electrons. The van der Waals surface area contributed by atoms with E-state index in [1.165, 1.54) is 15.1 Å². The molecule has 0 saturated carbocycles. The van der Waals surface area contributed by atoms with Crippen LogP contribution in [0.25, 0.3) is 10.1 Å². The van der Waals surface area contributed by atoms with Gasteiger partial charge in [-0.3, -0.25) is 0 Å². The van der Waals surface area contributed by atoms with E-state index in [0.717, 1.165) is 10.4 Å². The standard InChI is InChI=1S/C10H8Cl2S/c1-6-2-9(12)8-4-7(5-11)13-10(8)3-6/h2-4H,5H2,1H3. The van der Waals surface area contributed by atoms with E-state index in [9.17, 15) is 0 Å². The van der Waals surface area contributed by atoms with Crippen molar-refractivity contribution < 1.29 is 0 Å². The number of thiophene rings is 1. The molecule has 0 unspecified atom stereocenters. The van der Waals surface area contributed by atoms with Gasteiger partial charge in [0, 0.05) is 20.0 Å². The third kappa shape index (κ3) is 1.69. The highest BCUT2D eigenvalue weighted by atomic mass is 35.5. The van der Waals surface area contributed by atoms with Gasteiger partial charge in [-0.05, 0) is 30.7 Å². The molecule has 0 saturated heterocycles. The molecule has 0 bridgehead atoms. The molecule has 1 aromatic heterocycles. The van der Waals surface area contributed by atoms with Gasteiger partial charge in [0.1, 0.15) is 0 Å². The maximum atomic E-state index is 6.10. The van der Waals surface area contributed by atoms with Crippen molar-refractivity contribution in [3.63, 3.8) is 0 Å².